The Bertz CT molecular complexity index is 413. The van der Waals surface area contributed by atoms with Crippen molar-refractivity contribution < 1.29 is 0 Å². The number of hydrogen-bond acceptors (Lipinski definition) is 1. The third kappa shape index (κ3) is 4.47. The van der Waals surface area contributed by atoms with Crippen LogP contribution >= 0.6 is 27.5 Å². The van der Waals surface area contributed by atoms with Crippen LogP contribution in [0.2, 0.25) is 5.02 Å². The molecule has 1 unspecified atom stereocenters. The Morgan fingerprint density at radius 3 is 2.55 bits per heavy atom. The topological polar surface area (TPSA) is 12.0 Å². The maximum absolute atomic E-state index is 6.13. The molecule has 1 atom stereocenters. The highest BCUT2D eigenvalue weighted by molar-refractivity contribution is 9.10. The second-order valence-electron chi connectivity index (χ2n) is 5.86. The molecule has 1 saturated carbocycles. The van der Waals surface area contributed by atoms with Crippen molar-refractivity contribution >= 4 is 27.5 Å². The molecule has 1 nitrogen and oxygen atoms in total. The van der Waals surface area contributed by atoms with Gasteiger partial charge in [0, 0.05) is 10.5 Å². The standard InChI is InChI=1S/C17H25BrClN/c1-2-11-20-17(13-7-5-3-4-6-8-13)14-9-10-16(19)15(18)12-14/h9-10,12-13,17,20H,2-8,11H2,1H3. The van der Waals surface area contributed by atoms with Gasteiger partial charge in [-0.3, -0.25) is 0 Å². The van der Waals surface area contributed by atoms with Gasteiger partial charge in [-0.15, -0.1) is 0 Å². The van der Waals surface area contributed by atoms with Gasteiger partial charge in [0.1, 0.15) is 0 Å². The molecule has 1 N–H and O–H groups in total. The number of halogens is 2. The monoisotopic (exact) mass is 357 g/mol. The van der Waals surface area contributed by atoms with E-state index in [1.165, 1.54) is 50.5 Å². The molecule has 1 fully saturated rings. The van der Waals surface area contributed by atoms with E-state index >= 15 is 0 Å². The SMILES string of the molecule is CCCNC(c1ccc(Cl)c(Br)c1)C1CCCCCC1. The van der Waals surface area contributed by atoms with Crippen molar-refractivity contribution in [2.45, 2.75) is 57.9 Å². The molecule has 0 heterocycles. The van der Waals surface area contributed by atoms with E-state index in [2.05, 4.69) is 40.3 Å². The summed E-state index contributed by atoms with van der Waals surface area (Å²) in [4.78, 5) is 0. The summed E-state index contributed by atoms with van der Waals surface area (Å²) in [5.41, 5.74) is 1.38. The van der Waals surface area contributed by atoms with Crippen molar-refractivity contribution in [3.8, 4) is 0 Å². The lowest BCUT2D eigenvalue weighted by Gasteiger charge is -2.28. The molecule has 112 valence electrons. The van der Waals surface area contributed by atoms with E-state index in [1.807, 2.05) is 6.07 Å². The smallest absolute Gasteiger partial charge is 0.0548 e. The summed E-state index contributed by atoms with van der Waals surface area (Å²) in [7, 11) is 0. The van der Waals surface area contributed by atoms with Gasteiger partial charge in [-0.05, 0) is 65.4 Å². The Labute approximate surface area is 136 Å². The summed E-state index contributed by atoms with van der Waals surface area (Å²) >= 11 is 9.70. The van der Waals surface area contributed by atoms with E-state index in [0.717, 1.165) is 22.0 Å². The highest BCUT2D eigenvalue weighted by Gasteiger charge is 2.24. The van der Waals surface area contributed by atoms with Crippen molar-refractivity contribution in [2.75, 3.05) is 6.54 Å². The summed E-state index contributed by atoms with van der Waals surface area (Å²) in [6, 6.07) is 6.87. The molecule has 0 saturated heterocycles. The molecule has 2 rings (SSSR count). The van der Waals surface area contributed by atoms with Gasteiger partial charge in [-0.1, -0.05) is 50.3 Å². The summed E-state index contributed by atoms with van der Waals surface area (Å²) in [6.45, 7) is 3.32. The largest absolute Gasteiger partial charge is 0.310 e. The molecule has 0 radical (unpaired) electrons. The second-order valence-corrected chi connectivity index (χ2v) is 7.12. The van der Waals surface area contributed by atoms with E-state index in [9.17, 15) is 0 Å². The van der Waals surface area contributed by atoms with Crippen LogP contribution in [0.15, 0.2) is 22.7 Å². The van der Waals surface area contributed by atoms with Crippen molar-refractivity contribution in [3.63, 3.8) is 0 Å². The van der Waals surface area contributed by atoms with Gasteiger partial charge in [0.2, 0.25) is 0 Å². The first kappa shape index (κ1) is 16.3. The highest BCUT2D eigenvalue weighted by Crippen LogP contribution is 2.35. The van der Waals surface area contributed by atoms with E-state index in [4.69, 9.17) is 11.6 Å². The summed E-state index contributed by atoms with van der Waals surface area (Å²) < 4.78 is 1.01. The first-order chi connectivity index (χ1) is 9.72. The van der Waals surface area contributed by atoms with E-state index in [-0.39, 0.29) is 0 Å². The molecule has 1 aliphatic carbocycles. The lowest BCUT2D eigenvalue weighted by atomic mass is 9.87. The summed E-state index contributed by atoms with van der Waals surface area (Å²) in [5, 5.41) is 4.56. The number of nitrogens with one attached hydrogen (secondary N) is 1. The van der Waals surface area contributed by atoms with Crippen LogP contribution in [0.3, 0.4) is 0 Å². The van der Waals surface area contributed by atoms with E-state index in [1.54, 1.807) is 0 Å². The van der Waals surface area contributed by atoms with Crippen LogP contribution in [0, 0.1) is 5.92 Å². The first-order valence-corrected chi connectivity index (χ1v) is 9.07. The quantitative estimate of drug-likeness (QED) is 0.626. The molecule has 20 heavy (non-hydrogen) atoms. The maximum atomic E-state index is 6.13. The van der Waals surface area contributed by atoms with Crippen molar-refractivity contribution in [2.24, 2.45) is 5.92 Å². The average Bonchev–Trinajstić information content (AvgIpc) is 2.72. The number of benzene rings is 1. The fourth-order valence-corrected chi connectivity index (χ4v) is 3.72. The van der Waals surface area contributed by atoms with Crippen LogP contribution in [0.1, 0.15) is 63.5 Å². The Hall–Kier alpha value is -0.0500. The van der Waals surface area contributed by atoms with Crippen LogP contribution in [0.5, 0.6) is 0 Å². The van der Waals surface area contributed by atoms with Crippen molar-refractivity contribution in [3.05, 3.63) is 33.3 Å². The molecular formula is C17H25BrClN. The summed E-state index contributed by atoms with van der Waals surface area (Å²) in [5.74, 6) is 0.761. The van der Waals surface area contributed by atoms with Crippen LogP contribution < -0.4 is 5.32 Å². The van der Waals surface area contributed by atoms with Gasteiger partial charge >= 0.3 is 0 Å². The molecule has 1 aromatic carbocycles. The summed E-state index contributed by atoms with van der Waals surface area (Å²) in [6.07, 6.45) is 9.44. The molecule has 1 aliphatic rings. The number of hydrogen-bond donors (Lipinski definition) is 1. The minimum Gasteiger partial charge on any atom is -0.310 e. The fraction of sp³-hybridized carbons (Fsp3) is 0.647. The zero-order valence-corrected chi connectivity index (χ0v) is 14.6. The fourth-order valence-electron chi connectivity index (χ4n) is 3.21. The lowest BCUT2D eigenvalue weighted by molar-refractivity contribution is 0.325. The minimum atomic E-state index is 0.474. The van der Waals surface area contributed by atoms with Gasteiger partial charge in [0.25, 0.3) is 0 Å². The van der Waals surface area contributed by atoms with Crippen molar-refractivity contribution in [1.82, 2.24) is 5.32 Å². The van der Waals surface area contributed by atoms with Crippen LogP contribution in [-0.4, -0.2) is 6.54 Å². The van der Waals surface area contributed by atoms with E-state index < -0.39 is 0 Å². The Kier molecular flexibility index (Phi) is 6.86. The number of rotatable bonds is 5. The zero-order chi connectivity index (χ0) is 14.4. The first-order valence-electron chi connectivity index (χ1n) is 7.90. The molecule has 0 spiro atoms. The third-order valence-corrected chi connectivity index (χ3v) is 5.50. The van der Waals surface area contributed by atoms with Gasteiger partial charge in [-0.25, -0.2) is 0 Å². The highest BCUT2D eigenvalue weighted by atomic mass is 79.9. The van der Waals surface area contributed by atoms with Gasteiger partial charge in [-0.2, -0.15) is 0 Å². The molecule has 3 heteroatoms. The second kappa shape index (κ2) is 8.41. The predicted octanol–water partition coefficient (Wildman–Crippen LogP) is 6.11. The lowest BCUT2D eigenvalue weighted by Crippen LogP contribution is -2.29. The predicted molar refractivity (Wildman–Crippen MR) is 91.4 cm³/mol. The molecule has 0 amide bonds. The molecule has 0 aromatic heterocycles. The molecule has 0 bridgehead atoms. The zero-order valence-electron chi connectivity index (χ0n) is 12.3. The van der Waals surface area contributed by atoms with E-state index in [0.29, 0.717) is 6.04 Å². The van der Waals surface area contributed by atoms with Crippen LogP contribution in [-0.2, 0) is 0 Å². The Morgan fingerprint density at radius 1 is 1.25 bits per heavy atom. The van der Waals surface area contributed by atoms with Crippen LogP contribution in [0.4, 0.5) is 0 Å². The van der Waals surface area contributed by atoms with Crippen molar-refractivity contribution in [1.29, 1.82) is 0 Å². The normalized spacial score (nSPS) is 18.8. The Balaban J connectivity index is 2.18. The third-order valence-electron chi connectivity index (χ3n) is 4.29. The van der Waals surface area contributed by atoms with Gasteiger partial charge in [0.05, 0.1) is 5.02 Å². The molecule has 1 aromatic rings. The molecular weight excluding hydrogens is 334 g/mol. The van der Waals surface area contributed by atoms with Gasteiger partial charge in [0.15, 0.2) is 0 Å². The molecule has 0 aliphatic heterocycles. The average molecular weight is 359 g/mol. The van der Waals surface area contributed by atoms with Gasteiger partial charge < -0.3 is 5.32 Å². The Morgan fingerprint density at radius 2 is 1.95 bits per heavy atom. The minimum absolute atomic E-state index is 0.474. The maximum Gasteiger partial charge on any atom is 0.0548 e. The van der Waals surface area contributed by atoms with Crippen LogP contribution in [0.25, 0.3) is 0 Å².